The molecular formula is C15H21N5. The van der Waals surface area contributed by atoms with Crippen LogP contribution in [0, 0.1) is 41.5 Å². The summed E-state index contributed by atoms with van der Waals surface area (Å²) in [6, 6.07) is 0. The predicted octanol–water partition coefficient (Wildman–Crippen LogP) is 2.89. The van der Waals surface area contributed by atoms with Crippen LogP contribution in [0.4, 0.5) is 11.5 Å². The van der Waals surface area contributed by atoms with E-state index in [1.54, 1.807) is 0 Å². The molecule has 0 aliphatic rings. The van der Waals surface area contributed by atoms with Gasteiger partial charge in [-0.15, -0.1) is 0 Å². The molecule has 0 amide bonds. The number of aryl methyl sites for hydroxylation is 6. The number of hydrogen-bond donors (Lipinski definition) is 0. The summed E-state index contributed by atoms with van der Waals surface area (Å²) < 4.78 is 0. The van der Waals surface area contributed by atoms with Gasteiger partial charge < -0.3 is 4.90 Å². The lowest BCUT2D eigenvalue weighted by Gasteiger charge is -2.23. The van der Waals surface area contributed by atoms with Gasteiger partial charge >= 0.3 is 0 Å². The van der Waals surface area contributed by atoms with Crippen molar-refractivity contribution in [2.75, 3.05) is 11.9 Å². The van der Waals surface area contributed by atoms with E-state index < -0.39 is 0 Å². The zero-order valence-corrected chi connectivity index (χ0v) is 13.2. The average molecular weight is 271 g/mol. The zero-order chi connectivity index (χ0) is 15.0. The maximum Gasteiger partial charge on any atom is 0.154 e. The summed E-state index contributed by atoms with van der Waals surface area (Å²) in [5.74, 6) is 1.65. The second-order valence-corrected chi connectivity index (χ2v) is 5.15. The Morgan fingerprint density at radius 1 is 0.600 bits per heavy atom. The van der Waals surface area contributed by atoms with Crippen molar-refractivity contribution < 1.29 is 0 Å². The summed E-state index contributed by atoms with van der Waals surface area (Å²) in [6.07, 6.45) is 0. The van der Waals surface area contributed by atoms with Crippen LogP contribution >= 0.6 is 0 Å². The van der Waals surface area contributed by atoms with Crippen LogP contribution in [0.25, 0.3) is 0 Å². The summed E-state index contributed by atoms with van der Waals surface area (Å²) in [6.45, 7) is 11.8. The standard InChI is InChI=1S/C15H21N5/c1-8-9(2)19-15(12(5)16-8)20(7)14-10(3)17-13(6)18-11(14)4/h1-7H3. The van der Waals surface area contributed by atoms with Crippen molar-refractivity contribution in [2.24, 2.45) is 0 Å². The van der Waals surface area contributed by atoms with Crippen LogP contribution in [0.15, 0.2) is 0 Å². The molecule has 0 aliphatic carbocycles. The Morgan fingerprint density at radius 3 is 1.65 bits per heavy atom. The van der Waals surface area contributed by atoms with Crippen molar-refractivity contribution in [1.82, 2.24) is 19.9 Å². The lowest BCUT2D eigenvalue weighted by atomic mass is 10.2. The molecule has 0 aromatic carbocycles. The quantitative estimate of drug-likeness (QED) is 0.840. The first-order valence-corrected chi connectivity index (χ1v) is 6.68. The Hall–Kier alpha value is -2.04. The monoisotopic (exact) mass is 271 g/mol. The van der Waals surface area contributed by atoms with Gasteiger partial charge in [0, 0.05) is 7.05 Å². The number of rotatable bonds is 2. The second kappa shape index (κ2) is 5.15. The fraction of sp³-hybridized carbons (Fsp3) is 0.467. The molecule has 0 N–H and O–H groups in total. The molecule has 0 aliphatic heterocycles. The second-order valence-electron chi connectivity index (χ2n) is 5.15. The number of hydrogen-bond acceptors (Lipinski definition) is 5. The van der Waals surface area contributed by atoms with Crippen molar-refractivity contribution in [3.63, 3.8) is 0 Å². The molecule has 0 saturated heterocycles. The summed E-state index contributed by atoms with van der Waals surface area (Å²) in [4.78, 5) is 20.1. The third-order valence-electron chi connectivity index (χ3n) is 3.45. The number of anilines is 2. The minimum atomic E-state index is 0.792. The highest BCUT2D eigenvalue weighted by Gasteiger charge is 2.17. The SMILES string of the molecule is Cc1nc(C)c(N(C)c2nc(C)c(C)nc2C)c(C)n1. The van der Waals surface area contributed by atoms with Crippen molar-refractivity contribution in [3.8, 4) is 0 Å². The zero-order valence-electron chi connectivity index (χ0n) is 13.2. The molecule has 0 saturated carbocycles. The van der Waals surface area contributed by atoms with Crippen molar-refractivity contribution in [1.29, 1.82) is 0 Å². The lowest BCUT2D eigenvalue weighted by molar-refractivity contribution is 0.925. The smallest absolute Gasteiger partial charge is 0.154 e. The van der Waals surface area contributed by atoms with E-state index in [9.17, 15) is 0 Å². The Bertz CT molecular complexity index is 641. The van der Waals surface area contributed by atoms with Crippen LogP contribution < -0.4 is 4.90 Å². The van der Waals surface area contributed by atoms with Gasteiger partial charge in [0.1, 0.15) is 5.82 Å². The molecule has 0 spiro atoms. The summed E-state index contributed by atoms with van der Waals surface area (Å²) in [5, 5.41) is 0. The van der Waals surface area contributed by atoms with Crippen molar-refractivity contribution in [3.05, 3.63) is 34.3 Å². The average Bonchev–Trinajstić information content (AvgIpc) is 2.32. The molecule has 2 aromatic heterocycles. The molecule has 2 heterocycles. The molecule has 5 heteroatoms. The first kappa shape index (κ1) is 14.4. The van der Waals surface area contributed by atoms with E-state index in [4.69, 9.17) is 0 Å². The first-order valence-electron chi connectivity index (χ1n) is 6.68. The Morgan fingerprint density at radius 2 is 1.10 bits per heavy atom. The summed E-state index contributed by atoms with van der Waals surface area (Å²) in [5.41, 5.74) is 5.73. The predicted molar refractivity (Wildman–Crippen MR) is 80.5 cm³/mol. The minimum Gasteiger partial charge on any atom is -0.325 e. The molecule has 20 heavy (non-hydrogen) atoms. The van der Waals surface area contributed by atoms with Crippen LogP contribution in [-0.4, -0.2) is 27.0 Å². The third-order valence-corrected chi connectivity index (χ3v) is 3.45. The van der Waals surface area contributed by atoms with Gasteiger partial charge in [-0.1, -0.05) is 0 Å². The highest BCUT2D eigenvalue weighted by atomic mass is 15.2. The van der Waals surface area contributed by atoms with E-state index in [-0.39, 0.29) is 0 Å². The Balaban J connectivity index is 2.57. The van der Waals surface area contributed by atoms with E-state index in [0.717, 1.165) is 45.8 Å². The van der Waals surface area contributed by atoms with Gasteiger partial charge in [-0.05, 0) is 41.5 Å². The molecule has 5 nitrogen and oxygen atoms in total. The molecule has 2 aromatic rings. The Kier molecular flexibility index (Phi) is 3.70. The van der Waals surface area contributed by atoms with Crippen LogP contribution in [-0.2, 0) is 0 Å². The minimum absolute atomic E-state index is 0.792. The molecule has 0 bridgehead atoms. The van der Waals surface area contributed by atoms with E-state index in [1.807, 2.05) is 53.5 Å². The number of aromatic nitrogens is 4. The molecule has 0 atom stereocenters. The Labute approximate surface area is 120 Å². The van der Waals surface area contributed by atoms with Crippen LogP contribution in [0.3, 0.4) is 0 Å². The van der Waals surface area contributed by atoms with Gasteiger partial charge in [0.15, 0.2) is 5.82 Å². The molecule has 2 rings (SSSR count). The summed E-state index contributed by atoms with van der Waals surface area (Å²) in [7, 11) is 1.99. The van der Waals surface area contributed by atoms with Crippen LogP contribution in [0.5, 0.6) is 0 Å². The van der Waals surface area contributed by atoms with E-state index >= 15 is 0 Å². The van der Waals surface area contributed by atoms with Gasteiger partial charge in [0.25, 0.3) is 0 Å². The fourth-order valence-corrected chi connectivity index (χ4v) is 2.49. The summed E-state index contributed by atoms with van der Waals surface area (Å²) >= 11 is 0. The van der Waals surface area contributed by atoms with E-state index in [1.165, 1.54) is 0 Å². The van der Waals surface area contributed by atoms with Gasteiger partial charge in [0.05, 0.1) is 34.2 Å². The first-order chi connectivity index (χ1) is 9.31. The maximum atomic E-state index is 4.66. The highest BCUT2D eigenvalue weighted by molar-refractivity contribution is 5.65. The molecular weight excluding hydrogens is 250 g/mol. The molecule has 106 valence electrons. The molecule has 0 unspecified atom stereocenters. The fourth-order valence-electron chi connectivity index (χ4n) is 2.49. The van der Waals surface area contributed by atoms with Crippen molar-refractivity contribution >= 4 is 11.5 Å². The van der Waals surface area contributed by atoms with Gasteiger partial charge in [0.2, 0.25) is 0 Å². The third kappa shape index (κ3) is 2.48. The van der Waals surface area contributed by atoms with E-state index in [2.05, 4.69) is 19.9 Å². The van der Waals surface area contributed by atoms with Gasteiger partial charge in [-0.25, -0.2) is 15.0 Å². The maximum absolute atomic E-state index is 4.66. The van der Waals surface area contributed by atoms with Gasteiger partial charge in [-0.2, -0.15) is 0 Å². The van der Waals surface area contributed by atoms with Crippen LogP contribution in [0.2, 0.25) is 0 Å². The lowest BCUT2D eigenvalue weighted by Crippen LogP contribution is -2.18. The normalized spacial score (nSPS) is 10.8. The highest BCUT2D eigenvalue weighted by Crippen LogP contribution is 2.28. The van der Waals surface area contributed by atoms with Crippen LogP contribution in [0.1, 0.15) is 34.3 Å². The number of nitrogens with zero attached hydrogens (tertiary/aromatic N) is 5. The largest absolute Gasteiger partial charge is 0.325 e. The topological polar surface area (TPSA) is 54.8 Å². The van der Waals surface area contributed by atoms with Crippen molar-refractivity contribution in [2.45, 2.75) is 41.5 Å². The van der Waals surface area contributed by atoms with Gasteiger partial charge in [-0.3, -0.25) is 4.98 Å². The molecule has 0 fully saturated rings. The van der Waals surface area contributed by atoms with E-state index in [0.29, 0.717) is 0 Å². The molecule has 0 radical (unpaired) electrons.